The van der Waals surface area contributed by atoms with Gasteiger partial charge in [-0.3, -0.25) is 4.79 Å². The van der Waals surface area contributed by atoms with Crippen LogP contribution in [0.15, 0.2) is 65.0 Å². The second-order valence-corrected chi connectivity index (χ2v) is 10.9. The Bertz CT molecular complexity index is 1370. The maximum Gasteiger partial charge on any atom is 0.231 e. The highest BCUT2D eigenvalue weighted by atomic mass is 32.2. The molecule has 3 N–H and O–H groups in total. The molecule has 3 aliphatic rings. The zero-order chi connectivity index (χ0) is 24.2. The fraction of sp³-hybridized carbons (Fsp3) is 0.296. The number of ketones is 1. The summed E-state index contributed by atoms with van der Waals surface area (Å²) in [6.45, 7) is 4.43. The Kier molecular flexibility index (Phi) is 5.21. The Balaban J connectivity index is 1.44. The topological polar surface area (TPSA) is 99.4 Å². The number of thioether (sulfide) groups is 1. The summed E-state index contributed by atoms with van der Waals surface area (Å²) in [5.74, 6) is 2.91. The number of nitrogens with two attached hydrogens (primary N) is 1. The van der Waals surface area contributed by atoms with Crippen LogP contribution in [0.4, 0.5) is 11.6 Å². The molecule has 0 unspecified atom stereocenters. The molecule has 0 radical (unpaired) electrons. The number of aromatic nitrogens is 2. The van der Waals surface area contributed by atoms with Crippen molar-refractivity contribution in [3.63, 3.8) is 0 Å². The Hall–Kier alpha value is -3.52. The molecule has 0 amide bonds. The number of Topliss-reactive ketones (excluding diaryl/α,β-unsaturated/α-hetero) is 1. The summed E-state index contributed by atoms with van der Waals surface area (Å²) in [5.41, 5.74) is 10.9. The van der Waals surface area contributed by atoms with Crippen molar-refractivity contribution < 1.29 is 14.3 Å². The van der Waals surface area contributed by atoms with Gasteiger partial charge in [0.1, 0.15) is 11.6 Å². The first-order chi connectivity index (χ1) is 16.9. The molecule has 35 heavy (non-hydrogen) atoms. The van der Waals surface area contributed by atoms with Crippen molar-refractivity contribution in [2.24, 2.45) is 5.41 Å². The average Bonchev–Trinajstić information content (AvgIpc) is 3.29. The van der Waals surface area contributed by atoms with Crippen LogP contribution in [-0.4, -0.2) is 22.5 Å². The maximum absolute atomic E-state index is 13.5. The van der Waals surface area contributed by atoms with Crippen molar-refractivity contribution in [2.45, 2.75) is 43.5 Å². The number of rotatable bonds is 4. The van der Waals surface area contributed by atoms with Crippen molar-refractivity contribution in [1.29, 1.82) is 0 Å². The van der Waals surface area contributed by atoms with Crippen LogP contribution in [0.1, 0.15) is 49.3 Å². The SMILES string of the molecule is CC1(C)CC(=O)C2=C(C1)Nc1nc(SCc3ccccc3)nc(N)c1[C@@H]2c1ccc2c(c1)OCO2. The van der Waals surface area contributed by atoms with E-state index in [2.05, 4.69) is 36.3 Å². The molecule has 0 saturated heterocycles. The molecule has 2 aliphatic heterocycles. The molecule has 3 aromatic rings. The van der Waals surface area contributed by atoms with Gasteiger partial charge in [-0.25, -0.2) is 9.97 Å². The molecular weight excluding hydrogens is 460 g/mol. The molecule has 0 saturated carbocycles. The first-order valence-electron chi connectivity index (χ1n) is 11.6. The number of ether oxygens (including phenoxy) is 2. The lowest BCUT2D eigenvalue weighted by Crippen LogP contribution is -2.34. The number of nitrogens with one attached hydrogen (secondary N) is 1. The average molecular weight is 487 g/mol. The van der Waals surface area contributed by atoms with Gasteiger partial charge in [0.05, 0.1) is 0 Å². The Labute approximate surface area is 208 Å². The van der Waals surface area contributed by atoms with Crippen LogP contribution >= 0.6 is 11.8 Å². The predicted molar refractivity (Wildman–Crippen MR) is 136 cm³/mol. The van der Waals surface area contributed by atoms with E-state index in [9.17, 15) is 4.79 Å². The monoisotopic (exact) mass is 486 g/mol. The molecule has 2 aromatic carbocycles. The van der Waals surface area contributed by atoms with Crippen LogP contribution in [0.5, 0.6) is 11.5 Å². The third kappa shape index (κ3) is 4.01. The molecule has 8 heteroatoms. The molecule has 6 rings (SSSR count). The van der Waals surface area contributed by atoms with Crippen LogP contribution in [0, 0.1) is 5.41 Å². The van der Waals surface area contributed by atoms with Gasteiger partial charge in [-0.05, 0) is 35.1 Å². The zero-order valence-electron chi connectivity index (χ0n) is 19.6. The standard InChI is InChI=1S/C27H26N4O3S/c1-27(2)11-17-22(18(32)12-27)21(16-8-9-19-20(10-16)34-14-33-19)23-24(28)30-26(31-25(23)29-17)35-13-15-6-4-3-5-7-15/h3-10,21H,11-14H2,1-2H3,(H3,28,29,30,31)/t21-/m1/s1. The minimum atomic E-state index is -0.368. The van der Waals surface area contributed by atoms with Crippen molar-refractivity contribution in [3.8, 4) is 11.5 Å². The largest absolute Gasteiger partial charge is 0.454 e. The quantitative estimate of drug-likeness (QED) is 0.380. The summed E-state index contributed by atoms with van der Waals surface area (Å²) in [6, 6.07) is 16.0. The first-order valence-corrected chi connectivity index (χ1v) is 12.6. The van der Waals surface area contributed by atoms with Gasteiger partial charge in [0, 0.05) is 34.9 Å². The van der Waals surface area contributed by atoms with E-state index in [0.717, 1.165) is 34.6 Å². The van der Waals surface area contributed by atoms with Crippen molar-refractivity contribution in [3.05, 3.63) is 76.5 Å². The minimum absolute atomic E-state index is 0.124. The number of hydrogen-bond acceptors (Lipinski definition) is 8. The molecule has 0 spiro atoms. The summed E-state index contributed by atoms with van der Waals surface area (Å²) >= 11 is 1.54. The van der Waals surface area contributed by atoms with Crippen molar-refractivity contribution >= 4 is 29.2 Å². The van der Waals surface area contributed by atoms with Gasteiger partial charge in [0.2, 0.25) is 6.79 Å². The van der Waals surface area contributed by atoms with Crippen molar-refractivity contribution in [2.75, 3.05) is 17.8 Å². The number of allylic oxidation sites excluding steroid dienone is 2. The third-order valence-corrected chi connectivity index (χ3v) is 7.58. The Morgan fingerprint density at radius 1 is 1.09 bits per heavy atom. The number of anilines is 2. The number of carbonyl (C=O) groups is 1. The Morgan fingerprint density at radius 2 is 1.89 bits per heavy atom. The second-order valence-electron chi connectivity index (χ2n) is 9.93. The highest BCUT2D eigenvalue weighted by Crippen LogP contribution is 2.51. The van der Waals surface area contributed by atoms with Crippen LogP contribution in [0.2, 0.25) is 0 Å². The van der Waals surface area contributed by atoms with Gasteiger partial charge in [-0.1, -0.05) is 62.0 Å². The molecule has 0 fully saturated rings. The minimum Gasteiger partial charge on any atom is -0.454 e. The van der Waals surface area contributed by atoms with E-state index >= 15 is 0 Å². The predicted octanol–water partition coefficient (Wildman–Crippen LogP) is 5.28. The van der Waals surface area contributed by atoms with E-state index in [4.69, 9.17) is 20.2 Å². The summed E-state index contributed by atoms with van der Waals surface area (Å²) in [6.07, 6.45) is 1.24. The van der Waals surface area contributed by atoms with E-state index < -0.39 is 0 Å². The number of hydrogen-bond donors (Lipinski definition) is 2. The normalized spacial score (nSPS) is 19.7. The zero-order valence-corrected chi connectivity index (χ0v) is 20.4. The summed E-state index contributed by atoms with van der Waals surface area (Å²) in [4.78, 5) is 23.0. The molecular formula is C27H26N4O3S. The first kappa shape index (κ1) is 22.0. The van der Waals surface area contributed by atoms with Crippen LogP contribution in [0.25, 0.3) is 0 Å². The van der Waals surface area contributed by atoms with Gasteiger partial charge in [0.25, 0.3) is 0 Å². The maximum atomic E-state index is 13.5. The summed E-state index contributed by atoms with van der Waals surface area (Å²) < 4.78 is 11.1. The molecule has 1 atom stereocenters. The van der Waals surface area contributed by atoms with Gasteiger partial charge in [0.15, 0.2) is 22.4 Å². The lowest BCUT2D eigenvalue weighted by molar-refractivity contribution is -0.118. The fourth-order valence-corrected chi connectivity index (χ4v) is 5.93. The lowest BCUT2D eigenvalue weighted by Gasteiger charge is -2.39. The summed E-state index contributed by atoms with van der Waals surface area (Å²) in [7, 11) is 0. The number of nitrogen functional groups attached to an aromatic ring is 1. The molecule has 1 aliphatic carbocycles. The van der Waals surface area contributed by atoms with Gasteiger partial charge in [-0.2, -0.15) is 0 Å². The second kappa shape index (κ2) is 8.30. The van der Waals surface area contributed by atoms with E-state index in [-0.39, 0.29) is 23.9 Å². The number of benzene rings is 2. The lowest BCUT2D eigenvalue weighted by atomic mass is 9.69. The van der Waals surface area contributed by atoms with E-state index in [1.54, 1.807) is 11.8 Å². The smallest absolute Gasteiger partial charge is 0.231 e. The van der Waals surface area contributed by atoms with Crippen LogP contribution in [0.3, 0.4) is 0 Å². The summed E-state index contributed by atoms with van der Waals surface area (Å²) in [5, 5.41) is 4.08. The van der Waals surface area contributed by atoms with Gasteiger partial charge >= 0.3 is 0 Å². The van der Waals surface area contributed by atoms with Crippen LogP contribution < -0.4 is 20.5 Å². The van der Waals surface area contributed by atoms with Crippen molar-refractivity contribution in [1.82, 2.24) is 9.97 Å². The van der Waals surface area contributed by atoms with E-state index in [1.165, 1.54) is 5.56 Å². The fourth-order valence-electron chi connectivity index (χ4n) is 5.13. The molecule has 3 heterocycles. The molecule has 1 aromatic heterocycles. The highest BCUT2D eigenvalue weighted by Gasteiger charge is 2.42. The number of fused-ring (bicyclic) bond motifs is 2. The number of carbonyl (C=O) groups excluding carboxylic acids is 1. The molecule has 0 bridgehead atoms. The Morgan fingerprint density at radius 3 is 2.71 bits per heavy atom. The van der Waals surface area contributed by atoms with Gasteiger partial charge in [-0.15, -0.1) is 0 Å². The third-order valence-electron chi connectivity index (χ3n) is 6.66. The molecule has 7 nitrogen and oxygen atoms in total. The molecule has 178 valence electrons. The number of nitrogens with zero attached hydrogens (tertiary/aromatic N) is 2. The van der Waals surface area contributed by atoms with E-state index in [1.807, 2.05) is 36.4 Å². The van der Waals surface area contributed by atoms with E-state index in [0.29, 0.717) is 34.7 Å². The van der Waals surface area contributed by atoms with Crippen LogP contribution in [-0.2, 0) is 10.5 Å². The van der Waals surface area contributed by atoms with Gasteiger partial charge < -0.3 is 20.5 Å². The highest BCUT2D eigenvalue weighted by molar-refractivity contribution is 7.98.